The third kappa shape index (κ3) is 3.99. The number of rotatable bonds is 6. The number of hydrogen-bond acceptors (Lipinski definition) is 2. The van der Waals surface area contributed by atoms with Gasteiger partial charge in [-0.3, -0.25) is 4.79 Å². The zero-order valence-corrected chi connectivity index (χ0v) is 11.0. The number of hydrogen-bond donors (Lipinski definition) is 0. The lowest BCUT2D eigenvalue weighted by Gasteiger charge is -2.20. The van der Waals surface area contributed by atoms with Crippen molar-refractivity contribution in [3.05, 3.63) is 34.0 Å². The molecule has 0 aliphatic carbocycles. The van der Waals surface area contributed by atoms with Gasteiger partial charge in [-0.25, -0.2) is 0 Å². The molecule has 0 unspecified atom stereocenters. The topological polar surface area (TPSA) is 20.3 Å². The Labute approximate surface area is 106 Å². The Hall–Kier alpha value is -0.800. The van der Waals surface area contributed by atoms with Crippen LogP contribution in [0.1, 0.15) is 24.6 Å². The number of thiophene rings is 1. The van der Waals surface area contributed by atoms with Crippen LogP contribution in [0, 0.1) is 0 Å². The van der Waals surface area contributed by atoms with Crippen LogP contribution in [0.3, 0.4) is 0 Å². The van der Waals surface area contributed by atoms with Crippen molar-refractivity contribution in [3.63, 3.8) is 0 Å². The molecule has 2 nitrogen and oxygen atoms in total. The molecule has 1 aromatic rings. The first kappa shape index (κ1) is 13.3. The minimum absolute atomic E-state index is 0.173. The summed E-state index contributed by atoms with van der Waals surface area (Å²) in [4.78, 5) is 14.7. The highest BCUT2D eigenvalue weighted by molar-refractivity contribution is 7.16. The van der Waals surface area contributed by atoms with E-state index in [1.807, 2.05) is 19.1 Å². The Kier molecular flexibility index (Phi) is 5.56. The molecule has 0 spiro atoms. The van der Waals surface area contributed by atoms with Gasteiger partial charge in [0.2, 0.25) is 5.91 Å². The number of carbonyl (C=O) groups excluding carboxylic acids is 1. The van der Waals surface area contributed by atoms with Crippen molar-refractivity contribution in [2.24, 2.45) is 0 Å². The lowest BCUT2D eigenvalue weighted by atomic mass is 10.3. The first-order valence-electron chi connectivity index (χ1n) is 5.30. The van der Waals surface area contributed by atoms with Gasteiger partial charge in [0.05, 0.1) is 10.9 Å². The van der Waals surface area contributed by atoms with Crippen LogP contribution in [0.2, 0.25) is 4.34 Å². The molecule has 0 aliphatic rings. The zero-order valence-electron chi connectivity index (χ0n) is 9.41. The highest BCUT2D eigenvalue weighted by Gasteiger charge is 2.12. The predicted octanol–water partition coefficient (Wildman–Crippen LogP) is 3.72. The summed E-state index contributed by atoms with van der Waals surface area (Å²) in [6.07, 6.45) is 3.22. The van der Waals surface area contributed by atoms with Gasteiger partial charge in [0.1, 0.15) is 0 Å². The highest BCUT2D eigenvalue weighted by Crippen LogP contribution is 2.22. The second kappa shape index (κ2) is 6.71. The van der Waals surface area contributed by atoms with Crippen LogP contribution in [-0.4, -0.2) is 17.4 Å². The average Bonchev–Trinajstić information content (AvgIpc) is 2.64. The lowest BCUT2D eigenvalue weighted by molar-refractivity contribution is -0.131. The fourth-order valence-electron chi connectivity index (χ4n) is 1.41. The standard InChI is InChI=1S/C12H16ClNOS/c1-3-5-12(15)14(8-4-2)9-10-6-7-11(13)16-10/h4,6-7H,2-3,5,8-9H2,1H3. The van der Waals surface area contributed by atoms with Crippen LogP contribution in [0.15, 0.2) is 24.8 Å². The molecule has 0 N–H and O–H groups in total. The molecule has 16 heavy (non-hydrogen) atoms. The summed E-state index contributed by atoms with van der Waals surface area (Å²) in [7, 11) is 0. The molecule has 0 aromatic carbocycles. The van der Waals surface area contributed by atoms with Gasteiger partial charge in [0.15, 0.2) is 0 Å². The molecule has 1 heterocycles. The molecule has 0 bridgehead atoms. The monoisotopic (exact) mass is 257 g/mol. The molecule has 4 heteroatoms. The number of amides is 1. The first-order valence-corrected chi connectivity index (χ1v) is 6.49. The molecule has 0 atom stereocenters. The van der Waals surface area contributed by atoms with Crippen molar-refractivity contribution in [3.8, 4) is 0 Å². The second-order valence-corrected chi connectivity index (χ2v) is 5.32. The van der Waals surface area contributed by atoms with Gasteiger partial charge in [-0.05, 0) is 18.6 Å². The van der Waals surface area contributed by atoms with E-state index in [4.69, 9.17) is 11.6 Å². The summed E-state index contributed by atoms with van der Waals surface area (Å²) in [5, 5.41) is 0. The van der Waals surface area contributed by atoms with Crippen molar-refractivity contribution in [1.82, 2.24) is 4.90 Å². The van der Waals surface area contributed by atoms with E-state index < -0.39 is 0 Å². The van der Waals surface area contributed by atoms with E-state index in [1.54, 1.807) is 11.0 Å². The molecule has 0 fully saturated rings. The molecule has 1 rings (SSSR count). The Morgan fingerprint density at radius 3 is 2.88 bits per heavy atom. The maximum Gasteiger partial charge on any atom is 0.223 e. The molecule has 1 aromatic heterocycles. The molecular formula is C12H16ClNOS. The number of halogens is 1. The molecule has 0 saturated carbocycles. The van der Waals surface area contributed by atoms with Crippen molar-refractivity contribution < 1.29 is 4.79 Å². The normalized spacial score (nSPS) is 10.1. The largest absolute Gasteiger partial charge is 0.334 e. The molecule has 0 radical (unpaired) electrons. The van der Waals surface area contributed by atoms with Crippen LogP contribution in [0.4, 0.5) is 0 Å². The molecular weight excluding hydrogens is 242 g/mol. The van der Waals surface area contributed by atoms with E-state index in [2.05, 4.69) is 6.58 Å². The van der Waals surface area contributed by atoms with Crippen molar-refractivity contribution in [2.45, 2.75) is 26.3 Å². The predicted molar refractivity (Wildman–Crippen MR) is 69.9 cm³/mol. The average molecular weight is 258 g/mol. The Balaban J connectivity index is 2.63. The van der Waals surface area contributed by atoms with Crippen molar-refractivity contribution in [2.75, 3.05) is 6.54 Å². The fourth-order valence-corrected chi connectivity index (χ4v) is 2.51. The van der Waals surface area contributed by atoms with Crippen molar-refractivity contribution >= 4 is 28.8 Å². The van der Waals surface area contributed by atoms with Crippen LogP contribution >= 0.6 is 22.9 Å². The summed E-state index contributed by atoms with van der Waals surface area (Å²) in [6.45, 7) is 6.90. The molecule has 0 aliphatic heterocycles. The molecule has 0 saturated heterocycles. The Morgan fingerprint density at radius 2 is 2.38 bits per heavy atom. The van der Waals surface area contributed by atoms with Gasteiger partial charge >= 0.3 is 0 Å². The minimum Gasteiger partial charge on any atom is -0.334 e. The molecule has 88 valence electrons. The summed E-state index contributed by atoms with van der Waals surface area (Å²) in [6, 6.07) is 3.82. The zero-order chi connectivity index (χ0) is 12.0. The summed E-state index contributed by atoms with van der Waals surface area (Å²) >= 11 is 7.37. The quantitative estimate of drug-likeness (QED) is 0.712. The van der Waals surface area contributed by atoms with Gasteiger partial charge in [0.25, 0.3) is 0 Å². The van der Waals surface area contributed by atoms with E-state index in [0.29, 0.717) is 19.5 Å². The SMILES string of the molecule is C=CCN(Cc1ccc(Cl)s1)C(=O)CCC. The highest BCUT2D eigenvalue weighted by atomic mass is 35.5. The second-order valence-electron chi connectivity index (χ2n) is 3.52. The summed E-state index contributed by atoms with van der Waals surface area (Å²) in [5.74, 6) is 0.173. The van der Waals surface area contributed by atoms with E-state index in [0.717, 1.165) is 15.6 Å². The Morgan fingerprint density at radius 1 is 1.62 bits per heavy atom. The van der Waals surface area contributed by atoms with Crippen molar-refractivity contribution in [1.29, 1.82) is 0 Å². The van der Waals surface area contributed by atoms with E-state index in [-0.39, 0.29) is 5.91 Å². The van der Waals surface area contributed by atoms with Gasteiger partial charge in [0, 0.05) is 17.8 Å². The van der Waals surface area contributed by atoms with Crippen LogP contribution in [0.25, 0.3) is 0 Å². The van der Waals surface area contributed by atoms with E-state index in [1.165, 1.54) is 11.3 Å². The first-order chi connectivity index (χ1) is 7.67. The van der Waals surface area contributed by atoms with Crippen LogP contribution in [0.5, 0.6) is 0 Å². The van der Waals surface area contributed by atoms with Gasteiger partial charge in [-0.2, -0.15) is 0 Å². The summed E-state index contributed by atoms with van der Waals surface area (Å²) < 4.78 is 0.761. The number of carbonyl (C=O) groups is 1. The van der Waals surface area contributed by atoms with Gasteiger partial charge in [-0.1, -0.05) is 24.6 Å². The Bertz CT molecular complexity index is 362. The molecule has 1 amide bonds. The van der Waals surface area contributed by atoms with Crippen LogP contribution in [-0.2, 0) is 11.3 Å². The van der Waals surface area contributed by atoms with Crippen LogP contribution < -0.4 is 0 Å². The maximum atomic E-state index is 11.8. The summed E-state index contributed by atoms with van der Waals surface area (Å²) in [5.41, 5.74) is 0. The van der Waals surface area contributed by atoms with E-state index in [9.17, 15) is 4.79 Å². The maximum absolute atomic E-state index is 11.8. The minimum atomic E-state index is 0.173. The third-order valence-corrected chi connectivity index (χ3v) is 3.36. The van der Waals surface area contributed by atoms with Gasteiger partial charge in [-0.15, -0.1) is 17.9 Å². The third-order valence-electron chi connectivity index (χ3n) is 2.14. The number of nitrogens with zero attached hydrogens (tertiary/aromatic N) is 1. The lowest BCUT2D eigenvalue weighted by Crippen LogP contribution is -2.29. The van der Waals surface area contributed by atoms with E-state index >= 15 is 0 Å². The smallest absolute Gasteiger partial charge is 0.223 e. The fraction of sp³-hybridized carbons (Fsp3) is 0.417. The van der Waals surface area contributed by atoms with Gasteiger partial charge < -0.3 is 4.90 Å².